The van der Waals surface area contributed by atoms with E-state index < -0.39 is 41.8 Å². The molecule has 0 bridgehead atoms. The number of nitrogens with one attached hydrogen (secondary N) is 1. The van der Waals surface area contributed by atoms with Gasteiger partial charge in [-0.15, -0.1) is 0 Å². The summed E-state index contributed by atoms with van der Waals surface area (Å²) in [5.74, 6) is -1.34. The molecule has 7 heteroatoms. The number of hydrogen-bond acceptors (Lipinski definition) is 6. The van der Waals surface area contributed by atoms with Crippen molar-refractivity contribution in [2.75, 3.05) is 6.61 Å². The van der Waals surface area contributed by atoms with Crippen LogP contribution in [0.5, 0.6) is 0 Å². The van der Waals surface area contributed by atoms with Crippen molar-refractivity contribution in [2.45, 2.75) is 58.0 Å². The average Bonchev–Trinajstić information content (AvgIpc) is 2.55. The van der Waals surface area contributed by atoms with E-state index in [9.17, 15) is 19.8 Å². The molecule has 1 saturated carbocycles. The molecule has 1 aliphatic carbocycles. The Morgan fingerprint density at radius 3 is 2.40 bits per heavy atom. The molecule has 0 saturated heterocycles. The van der Waals surface area contributed by atoms with E-state index in [4.69, 9.17) is 9.47 Å². The zero-order valence-electron chi connectivity index (χ0n) is 12.3. The molecule has 4 atom stereocenters. The Kier molecular flexibility index (Phi) is 5.35. The summed E-state index contributed by atoms with van der Waals surface area (Å²) in [6, 6.07) is -0.918. The highest BCUT2D eigenvalue weighted by molar-refractivity contribution is 5.76. The van der Waals surface area contributed by atoms with Crippen LogP contribution in [0.4, 0.5) is 4.79 Å². The molecule has 0 aromatic carbocycles. The first-order valence-electron chi connectivity index (χ1n) is 6.68. The normalized spacial score (nSPS) is 29.9. The minimum Gasteiger partial charge on any atom is -0.466 e. The minimum atomic E-state index is -1.23. The Morgan fingerprint density at radius 1 is 1.30 bits per heavy atom. The van der Waals surface area contributed by atoms with E-state index in [0.29, 0.717) is 0 Å². The maximum Gasteiger partial charge on any atom is 0.407 e. The molecular formula is C13H23NO6. The summed E-state index contributed by atoms with van der Waals surface area (Å²) < 4.78 is 9.96. The molecule has 0 aliphatic heterocycles. The SMILES string of the molecule is CCOC(=O)[C@H]1C[C@H](O)[C@H](O)[C@H]1NC(=O)OC(C)(C)C. The third kappa shape index (κ3) is 4.35. The second-order valence-electron chi connectivity index (χ2n) is 5.82. The van der Waals surface area contributed by atoms with Crippen molar-refractivity contribution in [3.05, 3.63) is 0 Å². The fourth-order valence-electron chi connectivity index (χ4n) is 2.15. The predicted molar refractivity (Wildman–Crippen MR) is 69.9 cm³/mol. The van der Waals surface area contributed by atoms with Crippen LogP contribution in [0.3, 0.4) is 0 Å². The van der Waals surface area contributed by atoms with Crippen molar-refractivity contribution in [3.63, 3.8) is 0 Å². The highest BCUT2D eigenvalue weighted by Crippen LogP contribution is 2.28. The van der Waals surface area contributed by atoms with Gasteiger partial charge in [0, 0.05) is 0 Å². The van der Waals surface area contributed by atoms with E-state index in [1.165, 1.54) is 0 Å². The summed E-state index contributed by atoms with van der Waals surface area (Å²) in [7, 11) is 0. The van der Waals surface area contributed by atoms with Crippen LogP contribution in [-0.2, 0) is 14.3 Å². The molecule has 0 aromatic rings. The van der Waals surface area contributed by atoms with Gasteiger partial charge in [-0.2, -0.15) is 0 Å². The fourth-order valence-corrected chi connectivity index (χ4v) is 2.15. The molecule has 1 amide bonds. The molecular weight excluding hydrogens is 266 g/mol. The lowest BCUT2D eigenvalue weighted by Gasteiger charge is -2.25. The van der Waals surface area contributed by atoms with E-state index >= 15 is 0 Å². The third-order valence-corrected chi connectivity index (χ3v) is 2.96. The van der Waals surface area contributed by atoms with Crippen molar-refractivity contribution in [1.29, 1.82) is 0 Å². The standard InChI is InChI=1S/C13H23NO6/c1-5-19-11(17)7-6-8(15)10(16)9(7)14-12(18)20-13(2,3)4/h7-10,15-16H,5-6H2,1-4H3,(H,14,18)/t7-,8-,9-,10-/m0/s1. The van der Waals surface area contributed by atoms with Crippen molar-refractivity contribution in [2.24, 2.45) is 5.92 Å². The Morgan fingerprint density at radius 2 is 1.90 bits per heavy atom. The van der Waals surface area contributed by atoms with E-state index in [1.807, 2.05) is 0 Å². The van der Waals surface area contributed by atoms with Crippen molar-refractivity contribution < 1.29 is 29.3 Å². The first kappa shape index (κ1) is 16.7. The van der Waals surface area contributed by atoms with Crippen LogP contribution < -0.4 is 5.32 Å². The zero-order valence-corrected chi connectivity index (χ0v) is 12.3. The van der Waals surface area contributed by atoms with Gasteiger partial charge in [-0.3, -0.25) is 4.79 Å². The first-order valence-corrected chi connectivity index (χ1v) is 6.68. The smallest absolute Gasteiger partial charge is 0.407 e. The second kappa shape index (κ2) is 6.41. The Labute approximate surface area is 118 Å². The molecule has 0 spiro atoms. The average molecular weight is 289 g/mol. The number of rotatable bonds is 3. The lowest BCUT2D eigenvalue weighted by atomic mass is 10.0. The van der Waals surface area contributed by atoms with E-state index in [0.717, 1.165) is 0 Å². The zero-order chi connectivity index (χ0) is 15.5. The van der Waals surface area contributed by atoms with Gasteiger partial charge in [-0.1, -0.05) is 0 Å². The number of esters is 1. The van der Waals surface area contributed by atoms with Gasteiger partial charge >= 0.3 is 12.1 Å². The number of amides is 1. The number of aliphatic hydroxyl groups excluding tert-OH is 2. The van der Waals surface area contributed by atoms with Gasteiger partial charge in [0.25, 0.3) is 0 Å². The van der Waals surface area contributed by atoms with Gasteiger partial charge in [0.1, 0.15) is 11.7 Å². The van der Waals surface area contributed by atoms with Crippen LogP contribution in [0, 0.1) is 5.92 Å². The van der Waals surface area contributed by atoms with Gasteiger partial charge in [-0.05, 0) is 34.1 Å². The Balaban J connectivity index is 2.72. The highest BCUT2D eigenvalue weighted by Gasteiger charge is 2.47. The maximum atomic E-state index is 11.8. The third-order valence-electron chi connectivity index (χ3n) is 2.96. The number of alkyl carbamates (subject to hydrolysis) is 1. The monoisotopic (exact) mass is 289 g/mol. The molecule has 0 aromatic heterocycles. The lowest BCUT2D eigenvalue weighted by Crippen LogP contribution is -2.49. The van der Waals surface area contributed by atoms with Crippen molar-refractivity contribution >= 4 is 12.1 Å². The van der Waals surface area contributed by atoms with E-state index in [1.54, 1.807) is 27.7 Å². The maximum absolute atomic E-state index is 11.8. The molecule has 7 nitrogen and oxygen atoms in total. The van der Waals surface area contributed by atoms with Crippen LogP contribution in [0.15, 0.2) is 0 Å². The van der Waals surface area contributed by atoms with Gasteiger partial charge in [0.05, 0.1) is 24.7 Å². The number of ether oxygens (including phenoxy) is 2. The van der Waals surface area contributed by atoms with E-state index in [-0.39, 0.29) is 13.0 Å². The molecule has 0 heterocycles. The number of carbonyl (C=O) groups excluding carboxylic acids is 2. The molecule has 0 radical (unpaired) electrons. The second-order valence-corrected chi connectivity index (χ2v) is 5.82. The summed E-state index contributed by atoms with van der Waals surface area (Å²) >= 11 is 0. The van der Waals surface area contributed by atoms with Crippen LogP contribution in [0.1, 0.15) is 34.1 Å². The van der Waals surface area contributed by atoms with Crippen molar-refractivity contribution in [1.82, 2.24) is 5.32 Å². The Bertz CT molecular complexity index is 364. The quantitative estimate of drug-likeness (QED) is 0.640. The first-order chi connectivity index (χ1) is 9.15. The lowest BCUT2D eigenvalue weighted by molar-refractivity contribution is -0.148. The van der Waals surface area contributed by atoms with Crippen LogP contribution in [0.25, 0.3) is 0 Å². The van der Waals surface area contributed by atoms with Gasteiger partial charge < -0.3 is 25.0 Å². The molecule has 0 unspecified atom stereocenters. The molecule has 3 N–H and O–H groups in total. The van der Waals surface area contributed by atoms with Gasteiger partial charge in [0.2, 0.25) is 0 Å². The van der Waals surface area contributed by atoms with Gasteiger partial charge in [0.15, 0.2) is 0 Å². The van der Waals surface area contributed by atoms with Crippen LogP contribution in [-0.4, -0.2) is 52.7 Å². The van der Waals surface area contributed by atoms with Crippen LogP contribution in [0.2, 0.25) is 0 Å². The van der Waals surface area contributed by atoms with Gasteiger partial charge in [-0.25, -0.2) is 4.79 Å². The summed E-state index contributed by atoms with van der Waals surface area (Å²) in [6.45, 7) is 6.97. The molecule has 20 heavy (non-hydrogen) atoms. The number of hydrogen-bond donors (Lipinski definition) is 3. The highest BCUT2D eigenvalue weighted by atomic mass is 16.6. The molecule has 1 fully saturated rings. The number of aliphatic hydroxyl groups is 2. The fraction of sp³-hybridized carbons (Fsp3) is 0.846. The Hall–Kier alpha value is -1.34. The van der Waals surface area contributed by atoms with E-state index in [2.05, 4.69) is 5.32 Å². The van der Waals surface area contributed by atoms with Crippen LogP contribution >= 0.6 is 0 Å². The molecule has 1 rings (SSSR count). The largest absolute Gasteiger partial charge is 0.466 e. The minimum absolute atomic E-state index is 0.0421. The van der Waals surface area contributed by atoms with Crippen molar-refractivity contribution in [3.8, 4) is 0 Å². The summed E-state index contributed by atoms with van der Waals surface area (Å²) in [6.07, 6.45) is -3.01. The summed E-state index contributed by atoms with van der Waals surface area (Å²) in [4.78, 5) is 23.5. The summed E-state index contributed by atoms with van der Waals surface area (Å²) in [5.41, 5.74) is -0.689. The molecule has 1 aliphatic rings. The summed E-state index contributed by atoms with van der Waals surface area (Å²) in [5, 5.41) is 21.9. The molecule has 116 valence electrons. The number of carbonyl (C=O) groups is 2. The predicted octanol–water partition coefficient (Wildman–Crippen LogP) is 0.184. The topological polar surface area (TPSA) is 105 Å².